The van der Waals surface area contributed by atoms with Gasteiger partial charge in [-0.05, 0) is 77.2 Å². The summed E-state index contributed by atoms with van der Waals surface area (Å²) in [6, 6.07) is 18.2. The summed E-state index contributed by atoms with van der Waals surface area (Å²) in [5.41, 5.74) is 2.16. The molecular formula is C53H40N4OPt-2. The van der Waals surface area contributed by atoms with Crippen molar-refractivity contribution in [2.45, 2.75) is 32.6 Å². The minimum atomic E-state index is -0.620. The Morgan fingerprint density at radius 1 is 0.678 bits per heavy atom. The summed E-state index contributed by atoms with van der Waals surface area (Å²) in [4.78, 5) is 4.64. The number of imidazole rings is 1. The van der Waals surface area contributed by atoms with Gasteiger partial charge in [0.05, 0.1) is 35.9 Å². The Hall–Kier alpha value is -6.55. The molecule has 0 saturated carbocycles. The van der Waals surface area contributed by atoms with E-state index in [0.717, 1.165) is 18.4 Å². The summed E-state index contributed by atoms with van der Waals surface area (Å²) in [7, 11) is 0. The average molecular weight is 960 g/mol. The number of rotatable bonds is 10. The SMILES string of the molecule is [2H]c1c([2H])c([2H])c(-c2cccc(-c3c([2H])c([2H])c([2H])c([2H])c3[2H])c2-[n+]2[c-]n(-c3[c-]c(Oc4[c-]c5c(c([2H])c4[2H])c4c([2H])c([2H])c([2H])c([2H])c4n5-c4cc(C(CC)CC)ccn4)ccc3)c3ccccc32)c([2H])c1[2H].[Pt]. The van der Waals surface area contributed by atoms with Gasteiger partial charge in [-0.3, -0.25) is 4.57 Å². The van der Waals surface area contributed by atoms with E-state index in [0.29, 0.717) is 22.5 Å². The monoisotopic (exact) mass is 959 g/mol. The molecule has 0 aliphatic heterocycles. The second kappa shape index (κ2) is 16.4. The molecule has 0 bridgehead atoms. The fraction of sp³-hybridized carbons (Fsp3) is 0.0943. The third-order valence-electron chi connectivity index (χ3n) is 10.2. The van der Waals surface area contributed by atoms with Crippen LogP contribution < -0.4 is 9.30 Å². The Labute approximate surface area is 381 Å². The maximum absolute atomic E-state index is 9.34. The second-order valence-corrected chi connectivity index (χ2v) is 13.4. The van der Waals surface area contributed by atoms with E-state index < -0.39 is 78.6 Å². The summed E-state index contributed by atoms with van der Waals surface area (Å²) in [6.07, 6.45) is 6.60. The van der Waals surface area contributed by atoms with E-state index in [1.54, 1.807) is 53.2 Å². The van der Waals surface area contributed by atoms with Gasteiger partial charge in [-0.1, -0.05) is 140 Å². The van der Waals surface area contributed by atoms with Crippen molar-refractivity contribution in [3.05, 3.63) is 200 Å². The van der Waals surface area contributed by atoms with Crippen molar-refractivity contribution >= 4 is 32.8 Å². The van der Waals surface area contributed by atoms with Crippen molar-refractivity contribution in [1.29, 1.82) is 0 Å². The number of hydrogen-bond donors (Lipinski definition) is 0. The quantitative estimate of drug-likeness (QED) is 0.101. The van der Waals surface area contributed by atoms with Crippen LogP contribution in [0, 0.1) is 18.5 Å². The first-order valence-corrected chi connectivity index (χ1v) is 18.7. The maximum Gasteiger partial charge on any atom is 0.268 e. The first-order valence-electron chi connectivity index (χ1n) is 26.7. The van der Waals surface area contributed by atoms with Gasteiger partial charge in [0, 0.05) is 45.6 Å². The summed E-state index contributed by atoms with van der Waals surface area (Å²) < 4.78 is 152. The zero-order valence-electron chi connectivity index (χ0n) is 47.5. The van der Waals surface area contributed by atoms with Crippen molar-refractivity contribution in [2.24, 2.45) is 0 Å². The van der Waals surface area contributed by atoms with Crippen LogP contribution in [0.5, 0.6) is 11.5 Å². The van der Waals surface area contributed by atoms with E-state index in [9.17, 15) is 2.74 Å². The van der Waals surface area contributed by atoms with E-state index >= 15 is 0 Å². The molecule has 0 amide bonds. The van der Waals surface area contributed by atoms with Crippen LogP contribution in [0.4, 0.5) is 0 Å². The Bertz CT molecular complexity index is 3880. The maximum atomic E-state index is 9.34. The summed E-state index contributed by atoms with van der Waals surface area (Å²) in [5.74, 6) is 0.308. The summed E-state index contributed by atoms with van der Waals surface area (Å²) in [5, 5.41) is 0.0865. The normalized spacial score (nSPS) is 15.2. The van der Waals surface area contributed by atoms with E-state index in [2.05, 4.69) is 37.3 Å². The van der Waals surface area contributed by atoms with Crippen LogP contribution in [0.3, 0.4) is 0 Å². The summed E-state index contributed by atoms with van der Waals surface area (Å²) >= 11 is 0. The number of hydrogen-bond acceptors (Lipinski definition) is 2. The first kappa shape index (κ1) is 23.8. The van der Waals surface area contributed by atoms with Crippen molar-refractivity contribution in [3.8, 4) is 50.9 Å². The van der Waals surface area contributed by atoms with Gasteiger partial charge >= 0.3 is 0 Å². The third kappa shape index (κ3) is 6.96. The fourth-order valence-corrected chi connectivity index (χ4v) is 7.44. The molecule has 10 rings (SSSR count). The molecule has 0 atom stereocenters. The molecular weight excluding hydrogens is 904 g/mol. The Kier molecular flexibility index (Phi) is 6.59. The van der Waals surface area contributed by atoms with Gasteiger partial charge in [0.2, 0.25) is 0 Å². The smallest absolute Gasteiger partial charge is 0.268 e. The van der Waals surface area contributed by atoms with E-state index in [4.69, 9.17) is 23.9 Å². The number of nitrogens with zero attached hydrogens (tertiary/aromatic N) is 4. The number of aromatic nitrogens is 4. The summed E-state index contributed by atoms with van der Waals surface area (Å²) in [6.45, 7) is 4.14. The van der Waals surface area contributed by atoms with Crippen molar-refractivity contribution in [3.63, 3.8) is 0 Å². The van der Waals surface area contributed by atoms with Gasteiger partial charge in [-0.15, -0.1) is 29.6 Å². The minimum absolute atomic E-state index is 0. The zero-order chi connectivity index (χ0) is 52.9. The topological polar surface area (TPSA) is 35.9 Å². The van der Waals surface area contributed by atoms with Crippen LogP contribution in [0.2, 0.25) is 0 Å². The Morgan fingerprint density at radius 2 is 1.37 bits per heavy atom. The van der Waals surface area contributed by atoms with Crippen LogP contribution in [0.25, 0.3) is 72.3 Å². The zero-order valence-corrected chi connectivity index (χ0v) is 33.8. The molecule has 0 fully saturated rings. The van der Waals surface area contributed by atoms with Crippen molar-refractivity contribution in [2.75, 3.05) is 0 Å². The molecule has 0 radical (unpaired) electrons. The number of para-hydroxylation sites is 4. The minimum Gasteiger partial charge on any atom is -0.510 e. The Balaban J connectivity index is 0.00000689. The Morgan fingerprint density at radius 3 is 2.12 bits per heavy atom. The molecule has 0 spiro atoms. The van der Waals surface area contributed by atoms with Crippen LogP contribution in [-0.2, 0) is 21.1 Å². The number of ether oxygens (including phenoxy) is 1. The fourth-order valence-electron chi connectivity index (χ4n) is 7.44. The van der Waals surface area contributed by atoms with Crippen LogP contribution in [-0.4, -0.2) is 14.1 Å². The van der Waals surface area contributed by atoms with Crippen LogP contribution in [0.1, 0.15) is 60.1 Å². The largest absolute Gasteiger partial charge is 0.510 e. The van der Waals surface area contributed by atoms with Gasteiger partial charge in [0.1, 0.15) is 5.82 Å². The molecule has 0 aliphatic rings. The van der Waals surface area contributed by atoms with Crippen LogP contribution in [0.15, 0.2) is 176 Å². The van der Waals surface area contributed by atoms with Gasteiger partial charge in [-0.25, -0.2) is 4.98 Å². The molecule has 0 N–H and O–H groups in total. The van der Waals surface area contributed by atoms with Crippen LogP contribution >= 0.6 is 0 Å². The van der Waals surface area contributed by atoms with Gasteiger partial charge < -0.3 is 13.9 Å². The molecule has 7 aromatic carbocycles. The number of pyridine rings is 1. The van der Waals surface area contributed by atoms with E-state index in [1.807, 2.05) is 12.1 Å². The predicted octanol–water partition coefficient (Wildman–Crippen LogP) is 12.8. The molecule has 0 saturated heterocycles. The predicted molar refractivity (Wildman–Crippen MR) is 234 cm³/mol. The molecule has 3 aromatic heterocycles. The van der Waals surface area contributed by atoms with Gasteiger partial charge in [-0.2, -0.15) is 18.2 Å². The molecule has 0 aliphatic carbocycles. The molecule has 6 heteroatoms. The third-order valence-corrected chi connectivity index (χ3v) is 10.2. The number of fused-ring (bicyclic) bond motifs is 4. The van der Waals surface area contributed by atoms with E-state index in [-0.39, 0.29) is 106 Å². The molecule has 59 heavy (non-hydrogen) atoms. The molecule has 3 heterocycles. The van der Waals surface area contributed by atoms with E-state index in [1.165, 1.54) is 27.3 Å². The van der Waals surface area contributed by atoms with Crippen molar-refractivity contribution < 1.29 is 52.3 Å². The molecule has 10 aromatic rings. The van der Waals surface area contributed by atoms with Gasteiger partial charge in [0.25, 0.3) is 6.33 Å². The van der Waals surface area contributed by atoms with Crippen molar-refractivity contribution in [1.82, 2.24) is 14.1 Å². The standard InChI is InChI=1S/C53H40N4O.Pt/c1-3-37(4-2)40-31-32-54-52(33-40)57-48-26-12-11-23-46(48)47-30-29-43(35-51(47)57)58-42-22-15-21-41(34-42)55-36-56(50-28-14-13-27-49(50)55)53-44(38-17-7-5-8-18-38)24-16-25-45(53)39-19-9-6-10-20-39;/h5-33,37H,3-4H2,1-2H3;/q-2;/i5D,6D,7D,8D,9D,10D,11D,12D,17D,18D,19D,20D,23D,26D,29D,30D;. The van der Waals surface area contributed by atoms with Gasteiger partial charge in [0.15, 0.2) is 0 Å². The first-order chi connectivity index (χ1) is 35.3. The molecule has 5 nitrogen and oxygen atoms in total. The second-order valence-electron chi connectivity index (χ2n) is 13.4. The number of benzene rings is 7. The molecule has 0 unspecified atom stereocenters. The average Bonchev–Trinajstić information content (AvgIpc) is 3.97. The molecule has 290 valence electrons.